The quantitative estimate of drug-likeness (QED) is 0.117. The SMILES string of the molecule is CCC(=O)OC1C(C)OC(OC2C(C)OC(O[C@@H]3C(OC)[C@H](OC(=O)CC)CC(=O)O[C@H](C)CCN(N(C)CCCc4ccccc4)CC[C@H](C)C[C@@H]3CC=O)C(O)C2N(C)C)CC1(C)OC(C)=O. The summed E-state index contributed by atoms with van der Waals surface area (Å²) in [6.07, 6.45) is -6.41. The van der Waals surface area contributed by atoms with E-state index in [2.05, 4.69) is 36.1 Å². The molecule has 18 nitrogen and oxygen atoms in total. The van der Waals surface area contributed by atoms with Crippen LogP contribution in [0.4, 0.5) is 0 Å². The molecule has 1 aromatic rings. The van der Waals surface area contributed by atoms with Gasteiger partial charge in [0.15, 0.2) is 24.3 Å². The monoisotopic (exact) mass is 978 g/mol. The number of carbonyl (C=O) groups excluding carboxylic acids is 5. The summed E-state index contributed by atoms with van der Waals surface area (Å²) in [4.78, 5) is 66.1. The molecular formula is C51H83N3O15. The maximum Gasteiger partial charge on any atom is 0.309 e. The van der Waals surface area contributed by atoms with Gasteiger partial charge in [0.25, 0.3) is 0 Å². The number of aryl methyl sites for hydroxylation is 1. The van der Waals surface area contributed by atoms with Crippen LogP contribution in [-0.4, -0.2) is 177 Å². The van der Waals surface area contributed by atoms with Crippen LogP contribution in [0.3, 0.4) is 0 Å². The van der Waals surface area contributed by atoms with E-state index in [1.54, 1.807) is 53.6 Å². The van der Waals surface area contributed by atoms with E-state index < -0.39 is 109 Å². The number of hydrazine groups is 1. The second kappa shape index (κ2) is 27.9. The number of cyclic esters (lactones) is 1. The van der Waals surface area contributed by atoms with Gasteiger partial charge in [-0.15, -0.1) is 0 Å². The lowest BCUT2D eigenvalue weighted by atomic mass is 9.83. The maximum atomic E-state index is 13.8. The smallest absolute Gasteiger partial charge is 0.309 e. The molecule has 392 valence electrons. The Labute approximate surface area is 410 Å². The Hall–Kier alpha value is -3.59. The minimum Gasteiger partial charge on any atom is -0.463 e. The van der Waals surface area contributed by atoms with Crippen molar-refractivity contribution < 1.29 is 71.7 Å². The summed E-state index contributed by atoms with van der Waals surface area (Å²) in [5.74, 6) is -2.70. The molecule has 1 aromatic carbocycles. The van der Waals surface area contributed by atoms with Crippen LogP contribution in [0.5, 0.6) is 0 Å². The number of hydrogen-bond acceptors (Lipinski definition) is 18. The Morgan fingerprint density at radius 3 is 2.20 bits per heavy atom. The summed E-state index contributed by atoms with van der Waals surface area (Å²) < 4.78 is 55.9. The summed E-state index contributed by atoms with van der Waals surface area (Å²) in [6, 6.07) is 9.60. The van der Waals surface area contributed by atoms with Crippen molar-refractivity contribution in [2.45, 2.75) is 199 Å². The number of carbonyl (C=O) groups is 5. The summed E-state index contributed by atoms with van der Waals surface area (Å²) >= 11 is 0. The zero-order valence-electron chi connectivity index (χ0n) is 43.2. The second-order valence-corrected chi connectivity index (χ2v) is 19.6. The first-order chi connectivity index (χ1) is 32.7. The van der Waals surface area contributed by atoms with Crippen LogP contribution in [0.2, 0.25) is 0 Å². The van der Waals surface area contributed by atoms with E-state index in [1.165, 1.54) is 19.6 Å². The number of aldehydes is 1. The summed E-state index contributed by atoms with van der Waals surface area (Å²) in [6.45, 7) is 15.9. The second-order valence-electron chi connectivity index (χ2n) is 19.6. The number of rotatable bonds is 18. The Morgan fingerprint density at radius 1 is 0.913 bits per heavy atom. The molecule has 3 heterocycles. The number of esters is 4. The van der Waals surface area contributed by atoms with Gasteiger partial charge in [-0.25, -0.2) is 10.0 Å². The Morgan fingerprint density at radius 2 is 1.58 bits per heavy atom. The van der Waals surface area contributed by atoms with Gasteiger partial charge in [-0.2, -0.15) is 0 Å². The number of hydrogen-bond donors (Lipinski definition) is 1. The van der Waals surface area contributed by atoms with Crippen molar-refractivity contribution in [1.29, 1.82) is 0 Å². The zero-order chi connectivity index (χ0) is 51.0. The van der Waals surface area contributed by atoms with Gasteiger partial charge in [-0.05, 0) is 91.3 Å². The minimum absolute atomic E-state index is 0.00249. The first-order valence-corrected chi connectivity index (χ1v) is 24.9. The number of benzene rings is 1. The molecule has 0 bridgehead atoms. The summed E-state index contributed by atoms with van der Waals surface area (Å²) in [5, 5.41) is 16.9. The fourth-order valence-electron chi connectivity index (χ4n) is 9.99. The lowest BCUT2D eigenvalue weighted by molar-refractivity contribution is -0.344. The van der Waals surface area contributed by atoms with Crippen molar-refractivity contribution in [2.75, 3.05) is 47.9 Å². The number of aliphatic hydroxyl groups excluding tert-OH is 1. The highest BCUT2D eigenvalue weighted by molar-refractivity contribution is 5.73. The fraction of sp³-hybridized carbons (Fsp3) is 0.784. The van der Waals surface area contributed by atoms with E-state index in [9.17, 15) is 29.1 Å². The molecule has 1 N–H and O–H groups in total. The van der Waals surface area contributed by atoms with Gasteiger partial charge in [0.1, 0.15) is 36.8 Å². The molecule has 15 atom stereocenters. The molecule has 0 amide bonds. The lowest BCUT2D eigenvalue weighted by Gasteiger charge is -2.50. The third-order valence-corrected chi connectivity index (χ3v) is 13.6. The number of likely N-dealkylation sites (N-methyl/N-ethyl adjacent to an activating group) is 1. The molecular weight excluding hydrogens is 895 g/mol. The minimum atomic E-state index is -1.38. The topological polar surface area (TPSA) is 198 Å². The highest BCUT2D eigenvalue weighted by atomic mass is 16.7. The molecule has 10 unspecified atom stereocenters. The van der Waals surface area contributed by atoms with Crippen molar-refractivity contribution in [1.82, 2.24) is 14.9 Å². The molecule has 18 heteroatoms. The van der Waals surface area contributed by atoms with Gasteiger partial charge < -0.3 is 57.4 Å². The molecule has 3 fully saturated rings. The fourth-order valence-corrected chi connectivity index (χ4v) is 9.99. The van der Waals surface area contributed by atoms with Crippen LogP contribution >= 0.6 is 0 Å². The average molecular weight is 978 g/mol. The third-order valence-electron chi connectivity index (χ3n) is 13.6. The van der Waals surface area contributed by atoms with Crippen molar-refractivity contribution in [3.8, 4) is 0 Å². The Bertz CT molecular complexity index is 1760. The molecule has 0 spiro atoms. The zero-order valence-corrected chi connectivity index (χ0v) is 43.2. The van der Waals surface area contributed by atoms with Crippen LogP contribution in [0.15, 0.2) is 30.3 Å². The Balaban J connectivity index is 1.65. The molecule has 0 aromatic heterocycles. The molecule has 3 saturated heterocycles. The van der Waals surface area contributed by atoms with Crippen LogP contribution in [0.1, 0.15) is 119 Å². The van der Waals surface area contributed by atoms with Gasteiger partial charge >= 0.3 is 23.9 Å². The molecule has 4 rings (SSSR count). The normalized spacial score (nSPS) is 34.5. The maximum absolute atomic E-state index is 13.8. The van der Waals surface area contributed by atoms with Gasteiger partial charge in [0.05, 0.1) is 30.8 Å². The predicted molar refractivity (Wildman–Crippen MR) is 254 cm³/mol. The van der Waals surface area contributed by atoms with Crippen LogP contribution in [0.25, 0.3) is 0 Å². The number of aliphatic hydroxyl groups is 1. The number of nitrogens with zero attached hydrogens (tertiary/aromatic N) is 3. The van der Waals surface area contributed by atoms with Gasteiger partial charge in [-0.1, -0.05) is 51.1 Å². The first kappa shape index (κ1) is 58.0. The van der Waals surface area contributed by atoms with Crippen LogP contribution in [0, 0.1) is 11.8 Å². The predicted octanol–water partition coefficient (Wildman–Crippen LogP) is 5.04. The van der Waals surface area contributed by atoms with Crippen molar-refractivity contribution in [3.63, 3.8) is 0 Å². The third kappa shape index (κ3) is 17.0. The first-order valence-electron chi connectivity index (χ1n) is 24.9. The van der Waals surface area contributed by atoms with Crippen LogP contribution < -0.4 is 0 Å². The van der Waals surface area contributed by atoms with E-state index in [0.29, 0.717) is 25.9 Å². The molecule has 0 saturated carbocycles. The van der Waals surface area contributed by atoms with Gasteiger partial charge in [0, 0.05) is 66.4 Å². The van der Waals surface area contributed by atoms with E-state index >= 15 is 0 Å². The van der Waals surface area contributed by atoms with E-state index in [1.807, 2.05) is 25.1 Å². The van der Waals surface area contributed by atoms with Crippen molar-refractivity contribution in [3.05, 3.63) is 35.9 Å². The molecule has 0 radical (unpaired) electrons. The standard InChI is InChI=1S/C51H83N3O15/c1-13-40(57)65-39-30-42(59)62-33(4)23-27-54(53(11)25-18-21-37-19-16-15-17-20-37)26-22-32(3)29-38(24-28-55)47(48(39)61-12)68-50-45(60)44(52(9)10)46(34(5)64-50)67-43-31-51(8,69-36(7)56)49(35(6)63-43)66-41(58)14-2/h15-17,19-20,28,32-35,38-39,43-50,60H,13-14,18,21-27,29-31H2,1-12H3/t32-,33+,34?,35?,38-,39+,43?,44?,45?,46?,47-,48?,49?,50?,51?/m0/s1. The Kier molecular flexibility index (Phi) is 23.4. The van der Waals surface area contributed by atoms with Gasteiger partial charge in [-0.3, -0.25) is 19.2 Å². The summed E-state index contributed by atoms with van der Waals surface area (Å²) in [5.41, 5.74) is -0.0288. The number of ether oxygens (including phenoxy) is 9. The lowest BCUT2D eigenvalue weighted by Crippen LogP contribution is -2.66. The number of methoxy groups -OCH3 is 1. The van der Waals surface area contributed by atoms with Crippen LogP contribution in [-0.2, 0) is 73.0 Å². The highest BCUT2D eigenvalue weighted by Gasteiger charge is 2.54. The molecule has 3 aliphatic heterocycles. The van der Waals surface area contributed by atoms with E-state index in [-0.39, 0.29) is 38.0 Å². The van der Waals surface area contributed by atoms with E-state index in [4.69, 9.17) is 42.6 Å². The molecule has 0 aliphatic carbocycles. The largest absolute Gasteiger partial charge is 0.463 e. The average Bonchev–Trinajstić information content (AvgIpc) is 3.28. The molecule has 3 aliphatic rings. The summed E-state index contributed by atoms with van der Waals surface area (Å²) in [7, 11) is 7.07. The van der Waals surface area contributed by atoms with Crippen molar-refractivity contribution >= 4 is 30.2 Å². The van der Waals surface area contributed by atoms with Gasteiger partial charge in [0.2, 0.25) is 0 Å². The van der Waals surface area contributed by atoms with E-state index in [0.717, 1.165) is 32.1 Å². The van der Waals surface area contributed by atoms with Crippen molar-refractivity contribution in [2.24, 2.45) is 11.8 Å². The highest BCUT2D eigenvalue weighted by Crippen LogP contribution is 2.39. The molecule has 69 heavy (non-hydrogen) atoms.